The molecule has 0 amide bonds. The Bertz CT molecular complexity index is 366. The molecule has 3 heteroatoms. The summed E-state index contributed by atoms with van der Waals surface area (Å²) in [5.41, 5.74) is 7.21. The molecule has 108 valence electrons. The highest BCUT2D eigenvalue weighted by atomic mass is 79.9. The molecule has 2 nitrogen and oxygen atoms in total. The summed E-state index contributed by atoms with van der Waals surface area (Å²) in [6.07, 6.45) is 2.43. The fraction of sp³-hybridized carbons (Fsp3) is 0.625. The minimum Gasteiger partial charge on any atom is -0.330 e. The summed E-state index contributed by atoms with van der Waals surface area (Å²) in [5.74, 6) is 1.40. The predicted octanol–water partition coefficient (Wildman–Crippen LogP) is 3.89. The molecule has 0 bridgehead atoms. The molecule has 1 aromatic rings. The van der Waals surface area contributed by atoms with Crippen molar-refractivity contribution in [2.45, 2.75) is 33.2 Å². The van der Waals surface area contributed by atoms with Crippen LogP contribution in [0.2, 0.25) is 0 Å². The second-order valence-electron chi connectivity index (χ2n) is 5.89. The standard InChI is InChI=1S/C16H27BrN2/c1-13(2)9-14(11-18)7-8-19(3)12-15-5-4-6-16(17)10-15/h4-6,10,13-14H,7-9,11-12,18H2,1-3H3. The van der Waals surface area contributed by atoms with E-state index < -0.39 is 0 Å². The maximum atomic E-state index is 5.86. The summed E-state index contributed by atoms with van der Waals surface area (Å²) in [5, 5.41) is 0. The summed E-state index contributed by atoms with van der Waals surface area (Å²) < 4.78 is 1.15. The number of hydrogen-bond donors (Lipinski definition) is 1. The molecule has 0 fully saturated rings. The Labute approximate surface area is 126 Å². The van der Waals surface area contributed by atoms with E-state index in [1.54, 1.807) is 0 Å². The van der Waals surface area contributed by atoms with Crippen LogP contribution in [0.5, 0.6) is 0 Å². The van der Waals surface area contributed by atoms with Crippen molar-refractivity contribution in [3.63, 3.8) is 0 Å². The van der Waals surface area contributed by atoms with Gasteiger partial charge in [0.05, 0.1) is 0 Å². The van der Waals surface area contributed by atoms with Gasteiger partial charge in [-0.1, -0.05) is 41.9 Å². The van der Waals surface area contributed by atoms with Crippen molar-refractivity contribution in [3.8, 4) is 0 Å². The number of halogens is 1. The molecule has 0 aliphatic heterocycles. The molecular formula is C16H27BrN2. The van der Waals surface area contributed by atoms with Crippen molar-refractivity contribution in [1.29, 1.82) is 0 Å². The van der Waals surface area contributed by atoms with E-state index in [4.69, 9.17) is 5.73 Å². The van der Waals surface area contributed by atoms with Crippen LogP contribution in [0.3, 0.4) is 0 Å². The highest BCUT2D eigenvalue weighted by molar-refractivity contribution is 9.10. The Hall–Kier alpha value is -0.380. The Balaban J connectivity index is 2.36. The quantitative estimate of drug-likeness (QED) is 0.785. The summed E-state index contributed by atoms with van der Waals surface area (Å²) in [6, 6.07) is 8.52. The largest absolute Gasteiger partial charge is 0.330 e. The zero-order chi connectivity index (χ0) is 14.3. The van der Waals surface area contributed by atoms with Gasteiger partial charge in [0.25, 0.3) is 0 Å². The fourth-order valence-corrected chi connectivity index (χ4v) is 2.87. The van der Waals surface area contributed by atoms with Crippen molar-refractivity contribution in [2.24, 2.45) is 17.6 Å². The van der Waals surface area contributed by atoms with Gasteiger partial charge in [-0.2, -0.15) is 0 Å². The van der Waals surface area contributed by atoms with Gasteiger partial charge in [-0.05, 0) is 62.5 Å². The van der Waals surface area contributed by atoms with Crippen LogP contribution in [0.4, 0.5) is 0 Å². The maximum Gasteiger partial charge on any atom is 0.0231 e. The summed E-state index contributed by atoms with van der Waals surface area (Å²) in [6.45, 7) is 7.46. The van der Waals surface area contributed by atoms with Crippen LogP contribution in [0.15, 0.2) is 28.7 Å². The van der Waals surface area contributed by atoms with Gasteiger partial charge < -0.3 is 10.6 Å². The van der Waals surface area contributed by atoms with E-state index in [0.717, 1.165) is 30.0 Å². The molecule has 0 aromatic heterocycles. The van der Waals surface area contributed by atoms with Gasteiger partial charge in [0.2, 0.25) is 0 Å². The highest BCUT2D eigenvalue weighted by Gasteiger charge is 2.10. The van der Waals surface area contributed by atoms with Crippen LogP contribution in [0.1, 0.15) is 32.3 Å². The Morgan fingerprint density at radius 2 is 2.05 bits per heavy atom. The van der Waals surface area contributed by atoms with Crippen LogP contribution in [0.25, 0.3) is 0 Å². The van der Waals surface area contributed by atoms with Crippen molar-refractivity contribution < 1.29 is 0 Å². The molecule has 0 saturated heterocycles. The van der Waals surface area contributed by atoms with Crippen molar-refractivity contribution in [2.75, 3.05) is 20.1 Å². The van der Waals surface area contributed by atoms with Crippen LogP contribution >= 0.6 is 15.9 Å². The van der Waals surface area contributed by atoms with E-state index in [1.807, 2.05) is 0 Å². The number of hydrogen-bond acceptors (Lipinski definition) is 2. The van der Waals surface area contributed by atoms with Crippen LogP contribution < -0.4 is 5.73 Å². The van der Waals surface area contributed by atoms with Gasteiger partial charge in [-0.15, -0.1) is 0 Å². The molecule has 2 N–H and O–H groups in total. The summed E-state index contributed by atoms with van der Waals surface area (Å²) >= 11 is 3.52. The predicted molar refractivity (Wildman–Crippen MR) is 87.1 cm³/mol. The van der Waals surface area contributed by atoms with E-state index in [2.05, 4.69) is 66.0 Å². The smallest absolute Gasteiger partial charge is 0.0231 e. The molecule has 1 unspecified atom stereocenters. The third kappa shape index (κ3) is 7.09. The zero-order valence-electron chi connectivity index (χ0n) is 12.4. The minimum atomic E-state index is 0.657. The lowest BCUT2D eigenvalue weighted by Gasteiger charge is -2.22. The van der Waals surface area contributed by atoms with E-state index in [-0.39, 0.29) is 0 Å². The molecule has 1 atom stereocenters. The van der Waals surface area contributed by atoms with E-state index in [0.29, 0.717) is 5.92 Å². The molecule has 0 heterocycles. The third-order valence-corrected chi connectivity index (χ3v) is 3.89. The van der Waals surface area contributed by atoms with Gasteiger partial charge >= 0.3 is 0 Å². The molecule has 0 aliphatic rings. The van der Waals surface area contributed by atoms with Gasteiger partial charge in [-0.25, -0.2) is 0 Å². The molecule has 0 aliphatic carbocycles. The second kappa shape index (κ2) is 8.72. The Kier molecular flexibility index (Phi) is 7.66. The lowest BCUT2D eigenvalue weighted by Crippen LogP contribution is -2.25. The molecular weight excluding hydrogens is 300 g/mol. The normalized spacial score (nSPS) is 13.2. The summed E-state index contributed by atoms with van der Waals surface area (Å²) in [4.78, 5) is 2.38. The monoisotopic (exact) mass is 326 g/mol. The lowest BCUT2D eigenvalue weighted by molar-refractivity contribution is 0.278. The van der Waals surface area contributed by atoms with Crippen molar-refractivity contribution >= 4 is 15.9 Å². The first-order valence-electron chi connectivity index (χ1n) is 7.14. The SMILES string of the molecule is CC(C)CC(CN)CCN(C)Cc1cccc(Br)c1. The molecule has 0 radical (unpaired) electrons. The van der Waals surface area contributed by atoms with E-state index >= 15 is 0 Å². The molecule has 0 saturated carbocycles. The number of nitrogens with zero attached hydrogens (tertiary/aromatic N) is 1. The molecule has 1 aromatic carbocycles. The maximum absolute atomic E-state index is 5.86. The first kappa shape index (κ1) is 16.7. The van der Waals surface area contributed by atoms with Crippen molar-refractivity contribution in [1.82, 2.24) is 4.90 Å². The van der Waals surface area contributed by atoms with E-state index in [1.165, 1.54) is 18.4 Å². The van der Waals surface area contributed by atoms with Gasteiger partial charge in [0.15, 0.2) is 0 Å². The zero-order valence-corrected chi connectivity index (χ0v) is 14.0. The molecule has 0 spiro atoms. The average molecular weight is 327 g/mol. The molecule has 1 rings (SSSR count). The first-order valence-corrected chi connectivity index (χ1v) is 7.93. The fourth-order valence-electron chi connectivity index (χ4n) is 2.43. The van der Waals surface area contributed by atoms with Gasteiger partial charge in [0, 0.05) is 11.0 Å². The Morgan fingerprint density at radius 3 is 2.63 bits per heavy atom. The van der Waals surface area contributed by atoms with Gasteiger partial charge in [-0.3, -0.25) is 0 Å². The third-order valence-electron chi connectivity index (χ3n) is 3.40. The number of rotatable bonds is 8. The lowest BCUT2D eigenvalue weighted by atomic mass is 9.94. The van der Waals surface area contributed by atoms with Gasteiger partial charge in [0.1, 0.15) is 0 Å². The number of benzene rings is 1. The van der Waals surface area contributed by atoms with Crippen molar-refractivity contribution in [3.05, 3.63) is 34.3 Å². The number of nitrogens with two attached hydrogens (primary N) is 1. The van der Waals surface area contributed by atoms with Crippen LogP contribution in [0, 0.1) is 11.8 Å². The minimum absolute atomic E-state index is 0.657. The van der Waals surface area contributed by atoms with Crippen LogP contribution in [-0.2, 0) is 6.54 Å². The molecule has 19 heavy (non-hydrogen) atoms. The average Bonchev–Trinajstić information content (AvgIpc) is 2.34. The van der Waals surface area contributed by atoms with Crippen LogP contribution in [-0.4, -0.2) is 25.0 Å². The first-order chi connectivity index (χ1) is 9.01. The Morgan fingerprint density at radius 1 is 1.32 bits per heavy atom. The topological polar surface area (TPSA) is 29.3 Å². The van der Waals surface area contributed by atoms with E-state index in [9.17, 15) is 0 Å². The highest BCUT2D eigenvalue weighted by Crippen LogP contribution is 2.16. The summed E-state index contributed by atoms with van der Waals surface area (Å²) in [7, 11) is 2.18. The second-order valence-corrected chi connectivity index (χ2v) is 6.80.